The van der Waals surface area contributed by atoms with Gasteiger partial charge in [-0.1, -0.05) is 18.2 Å². The van der Waals surface area contributed by atoms with Crippen molar-refractivity contribution in [3.05, 3.63) is 69.9 Å². The SMILES string of the molecule is Cc1ccsc1CN1CCN(c2ccccc2C(O)c2nccn2C)CC1. The van der Waals surface area contributed by atoms with Crippen LogP contribution in [0, 0.1) is 6.92 Å². The number of aromatic nitrogens is 2. The number of benzene rings is 1. The molecule has 4 rings (SSSR count). The number of aryl methyl sites for hydroxylation is 2. The molecule has 0 saturated carbocycles. The van der Waals surface area contributed by atoms with Gasteiger partial charge in [-0.15, -0.1) is 11.3 Å². The predicted octanol–water partition coefficient (Wildman–Crippen LogP) is 3.19. The van der Waals surface area contributed by atoms with Crippen molar-refractivity contribution >= 4 is 17.0 Å². The van der Waals surface area contributed by atoms with Crippen LogP contribution in [0.1, 0.15) is 27.9 Å². The largest absolute Gasteiger partial charge is 0.380 e. The zero-order chi connectivity index (χ0) is 18.8. The van der Waals surface area contributed by atoms with Crippen molar-refractivity contribution in [3.8, 4) is 0 Å². The maximum absolute atomic E-state index is 10.9. The smallest absolute Gasteiger partial charge is 0.142 e. The van der Waals surface area contributed by atoms with Crippen molar-refractivity contribution in [1.29, 1.82) is 0 Å². The first-order valence-corrected chi connectivity index (χ1v) is 10.3. The lowest BCUT2D eigenvalue weighted by molar-refractivity contribution is 0.205. The summed E-state index contributed by atoms with van der Waals surface area (Å²) in [5, 5.41) is 13.1. The van der Waals surface area contributed by atoms with Crippen LogP contribution in [-0.2, 0) is 13.6 Å². The molecule has 0 aliphatic carbocycles. The lowest BCUT2D eigenvalue weighted by Crippen LogP contribution is -2.46. The first-order valence-electron chi connectivity index (χ1n) is 9.38. The normalized spacial score (nSPS) is 16.6. The van der Waals surface area contributed by atoms with E-state index in [1.165, 1.54) is 10.4 Å². The summed E-state index contributed by atoms with van der Waals surface area (Å²) in [4.78, 5) is 10.7. The van der Waals surface area contributed by atoms with Crippen LogP contribution in [0.4, 0.5) is 5.69 Å². The number of anilines is 1. The molecule has 5 nitrogen and oxygen atoms in total. The van der Waals surface area contributed by atoms with Gasteiger partial charge in [0.25, 0.3) is 0 Å². The molecular weight excluding hydrogens is 356 g/mol. The number of hydrogen-bond donors (Lipinski definition) is 1. The van der Waals surface area contributed by atoms with E-state index in [1.54, 1.807) is 6.20 Å². The summed E-state index contributed by atoms with van der Waals surface area (Å²) in [6.45, 7) is 7.23. The molecule has 0 bridgehead atoms. The van der Waals surface area contributed by atoms with Crippen LogP contribution in [0.2, 0.25) is 0 Å². The average Bonchev–Trinajstić information content (AvgIpc) is 3.30. The van der Waals surface area contributed by atoms with Gasteiger partial charge in [0.05, 0.1) is 0 Å². The Labute approximate surface area is 164 Å². The Balaban J connectivity index is 1.47. The summed E-state index contributed by atoms with van der Waals surface area (Å²) in [5.41, 5.74) is 3.43. The molecule has 1 saturated heterocycles. The van der Waals surface area contributed by atoms with Gasteiger partial charge in [0.15, 0.2) is 0 Å². The van der Waals surface area contributed by atoms with Crippen LogP contribution in [0.25, 0.3) is 0 Å². The van der Waals surface area contributed by atoms with Gasteiger partial charge >= 0.3 is 0 Å². The summed E-state index contributed by atoms with van der Waals surface area (Å²) < 4.78 is 1.88. The van der Waals surface area contributed by atoms with E-state index in [1.807, 2.05) is 47.3 Å². The van der Waals surface area contributed by atoms with Gasteiger partial charge in [0.2, 0.25) is 0 Å². The minimum Gasteiger partial charge on any atom is -0.380 e. The molecule has 142 valence electrons. The first-order chi connectivity index (χ1) is 13.1. The van der Waals surface area contributed by atoms with E-state index in [4.69, 9.17) is 0 Å². The number of aliphatic hydroxyl groups is 1. The number of imidazole rings is 1. The van der Waals surface area contributed by atoms with Crippen molar-refractivity contribution in [1.82, 2.24) is 14.5 Å². The predicted molar refractivity (Wildman–Crippen MR) is 110 cm³/mol. The quantitative estimate of drug-likeness (QED) is 0.736. The molecule has 27 heavy (non-hydrogen) atoms. The number of para-hydroxylation sites is 1. The van der Waals surface area contributed by atoms with E-state index in [-0.39, 0.29) is 0 Å². The van der Waals surface area contributed by atoms with Gasteiger partial charge in [-0.3, -0.25) is 4.90 Å². The van der Waals surface area contributed by atoms with Gasteiger partial charge in [-0.2, -0.15) is 0 Å². The van der Waals surface area contributed by atoms with Crippen LogP contribution in [0.15, 0.2) is 48.1 Å². The molecule has 1 fully saturated rings. The van der Waals surface area contributed by atoms with Crippen LogP contribution in [0.3, 0.4) is 0 Å². The molecule has 2 aromatic heterocycles. The van der Waals surface area contributed by atoms with Crippen molar-refractivity contribution < 1.29 is 5.11 Å². The Morgan fingerprint density at radius 3 is 2.59 bits per heavy atom. The van der Waals surface area contributed by atoms with Gasteiger partial charge in [0.1, 0.15) is 11.9 Å². The van der Waals surface area contributed by atoms with Crippen molar-refractivity contribution in [2.24, 2.45) is 7.05 Å². The molecule has 1 aromatic carbocycles. The standard InChI is InChI=1S/C21H26N4OS/c1-16-7-14-27-19(16)15-24-10-12-25(13-11-24)18-6-4-3-5-17(18)20(26)21-22-8-9-23(21)2/h3-9,14,20,26H,10-13,15H2,1-2H3. The Morgan fingerprint density at radius 1 is 1.15 bits per heavy atom. The molecule has 3 aromatic rings. The molecule has 1 unspecified atom stereocenters. The third-order valence-corrected chi connectivity index (χ3v) is 6.39. The highest BCUT2D eigenvalue weighted by Gasteiger charge is 2.24. The third-order valence-electron chi connectivity index (χ3n) is 5.38. The molecule has 0 radical (unpaired) electrons. The molecule has 0 amide bonds. The molecule has 1 aliphatic heterocycles. The highest BCUT2D eigenvalue weighted by Crippen LogP contribution is 2.31. The van der Waals surface area contributed by atoms with E-state index in [0.29, 0.717) is 5.82 Å². The average molecular weight is 383 g/mol. The zero-order valence-corrected chi connectivity index (χ0v) is 16.7. The summed E-state index contributed by atoms with van der Waals surface area (Å²) in [6.07, 6.45) is 2.88. The van der Waals surface area contributed by atoms with Gasteiger partial charge in [0, 0.05) is 68.3 Å². The van der Waals surface area contributed by atoms with E-state index in [9.17, 15) is 5.11 Å². The summed E-state index contributed by atoms with van der Waals surface area (Å²) in [5.74, 6) is 0.675. The van der Waals surface area contributed by atoms with E-state index in [0.717, 1.165) is 44.0 Å². The summed E-state index contributed by atoms with van der Waals surface area (Å²) in [6, 6.07) is 10.4. The molecule has 1 aliphatic rings. The lowest BCUT2D eigenvalue weighted by Gasteiger charge is -2.37. The fourth-order valence-electron chi connectivity index (χ4n) is 3.70. The maximum Gasteiger partial charge on any atom is 0.142 e. The fourth-order valence-corrected chi connectivity index (χ4v) is 4.65. The molecular formula is C21H26N4OS. The molecule has 1 N–H and O–H groups in total. The summed E-state index contributed by atoms with van der Waals surface area (Å²) in [7, 11) is 1.92. The van der Waals surface area contributed by atoms with Crippen molar-refractivity contribution in [2.75, 3.05) is 31.1 Å². The lowest BCUT2D eigenvalue weighted by atomic mass is 10.0. The van der Waals surface area contributed by atoms with Crippen LogP contribution < -0.4 is 4.90 Å². The number of piperazine rings is 1. The first kappa shape index (κ1) is 18.2. The Bertz CT molecular complexity index is 895. The second-order valence-electron chi connectivity index (χ2n) is 7.15. The van der Waals surface area contributed by atoms with Crippen molar-refractivity contribution in [2.45, 2.75) is 19.6 Å². The molecule has 1 atom stereocenters. The molecule has 6 heteroatoms. The minimum absolute atomic E-state index is 0.675. The number of thiophene rings is 1. The van der Waals surface area contributed by atoms with E-state index in [2.05, 4.69) is 39.2 Å². The van der Waals surface area contributed by atoms with E-state index >= 15 is 0 Å². The Morgan fingerprint density at radius 2 is 1.93 bits per heavy atom. The second kappa shape index (κ2) is 7.84. The van der Waals surface area contributed by atoms with Gasteiger partial charge < -0.3 is 14.6 Å². The van der Waals surface area contributed by atoms with Crippen LogP contribution in [-0.4, -0.2) is 45.7 Å². The Kier molecular flexibility index (Phi) is 5.29. The molecule has 0 spiro atoms. The second-order valence-corrected chi connectivity index (χ2v) is 8.15. The van der Waals surface area contributed by atoms with Gasteiger partial charge in [-0.25, -0.2) is 4.98 Å². The number of nitrogens with zero attached hydrogens (tertiary/aromatic N) is 4. The monoisotopic (exact) mass is 382 g/mol. The highest BCUT2D eigenvalue weighted by atomic mass is 32.1. The number of aliphatic hydroxyl groups excluding tert-OH is 1. The van der Waals surface area contributed by atoms with Gasteiger partial charge in [-0.05, 0) is 30.0 Å². The van der Waals surface area contributed by atoms with Crippen LogP contribution >= 0.6 is 11.3 Å². The topological polar surface area (TPSA) is 44.5 Å². The Hall–Kier alpha value is -2.15. The highest BCUT2D eigenvalue weighted by molar-refractivity contribution is 7.10. The number of rotatable bonds is 5. The third kappa shape index (κ3) is 3.78. The zero-order valence-electron chi connectivity index (χ0n) is 15.9. The maximum atomic E-state index is 10.9. The fraction of sp³-hybridized carbons (Fsp3) is 0.381. The van der Waals surface area contributed by atoms with Crippen molar-refractivity contribution in [3.63, 3.8) is 0 Å². The van der Waals surface area contributed by atoms with E-state index < -0.39 is 6.10 Å². The number of hydrogen-bond acceptors (Lipinski definition) is 5. The van der Waals surface area contributed by atoms with Crippen LogP contribution in [0.5, 0.6) is 0 Å². The minimum atomic E-state index is -0.715. The molecule has 3 heterocycles. The summed E-state index contributed by atoms with van der Waals surface area (Å²) >= 11 is 1.85.